The summed E-state index contributed by atoms with van der Waals surface area (Å²) in [5, 5.41) is 36.7. The van der Waals surface area contributed by atoms with Crippen LogP contribution in [0.15, 0.2) is 42.7 Å². The van der Waals surface area contributed by atoms with Gasteiger partial charge in [-0.05, 0) is 76.8 Å². The van der Waals surface area contributed by atoms with Crippen molar-refractivity contribution in [1.82, 2.24) is 29.6 Å². The molecular formula is C30H36N8O2. The van der Waals surface area contributed by atoms with Gasteiger partial charge in [0.05, 0.1) is 34.4 Å². The van der Waals surface area contributed by atoms with Crippen LogP contribution in [-0.4, -0.2) is 67.0 Å². The molecule has 208 valence electrons. The van der Waals surface area contributed by atoms with E-state index in [0.717, 1.165) is 56.2 Å². The second-order valence-electron chi connectivity index (χ2n) is 11.7. The second kappa shape index (κ2) is 10.3. The van der Waals surface area contributed by atoms with Crippen molar-refractivity contribution in [3.63, 3.8) is 0 Å². The summed E-state index contributed by atoms with van der Waals surface area (Å²) in [5.74, 6) is -0.352. The third-order valence-electron chi connectivity index (χ3n) is 8.49. The molecule has 40 heavy (non-hydrogen) atoms. The zero-order valence-electron chi connectivity index (χ0n) is 23.3. The Bertz CT molecular complexity index is 1600. The van der Waals surface area contributed by atoms with Crippen LogP contribution in [0.1, 0.15) is 74.1 Å². The van der Waals surface area contributed by atoms with Crippen LogP contribution in [0.3, 0.4) is 0 Å². The number of rotatable bonds is 5. The van der Waals surface area contributed by atoms with E-state index in [0.29, 0.717) is 46.2 Å². The van der Waals surface area contributed by atoms with Crippen LogP contribution in [0.25, 0.3) is 16.4 Å². The van der Waals surface area contributed by atoms with Gasteiger partial charge >= 0.3 is 0 Å². The van der Waals surface area contributed by atoms with Gasteiger partial charge in [0.1, 0.15) is 11.8 Å². The predicted molar refractivity (Wildman–Crippen MR) is 153 cm³/mol. The van der Waals surface area contributed by atoms with Crippen molar-refractivity contribution in [3.8, 4) is 6.07 Å². The van der Waals surface area contributed by atoms with Crippen molar-refractivity contribution in [3.05, 3.63) is 59.5 Å². The van der Waals surface area contributed by atoms with Crippen LogP contribution in [0.2, 0.25) is 0 Å². The average Bonchev–Trinajstić information content (AvgIpc) is 3.56. The van der Waals surface area contributed by atoms with Crippen molar-refractivity contribution in [1.29, 1.82) is 5.26 Å². The third-order valence-corrected chi connectivity index (χ3v) is 8.49. The highest BCUT2D eigenvalue weighted by Crippen LogP contribution is 2.36. The Labute approximate surface area is 233 Å². The number of nitrogens with zero attached hydrogens (tertiary/aromatic N) is 6. The van der Waals surface area contributed by atoms with E-state index in [-0.39, 0.29) is 5.91 Å². The molecule has 0 bridgehead atoms. The SMILES string of the molecule is C[C@H]1CNCCN1C1CCC(n2cc3cc(NC(=O)c4ccc5cc(C#N)cnn45)c(C(C)(C)O)cc3n2)CC1. The van der Waals surface area contributed by atoms with Gasteiger partial charge in [-0.1, -0.05) is 0 Å². The number of aromatic nitrogens is 4. The summed E-state index contributed by atoms with van der Waals surface area (Å²) in [7, 11) is 0. The molecule has 10 nitrogen and oxygen atoms in total. The van der Waals surface area contributed by atoms with Gasteiger partial charge in [-0.25, -0.2) is 4.52 Å². The Morgan fingerprint density at radius 2 is 1.95 bits per heavy atom. The maximum atomic E-state index is 13.3. The molecule has 0 spiro atoms. The first-order valence-corrected chi connectivity index (χ1v) is 14.1. The van der Waals surface area contributed by atoms with E-state index in [9.17, 15) is 9.90 Å². The molecule has 1 saturated heterocycles. The summed E-state index contributed by atoms with van der Waals surface area (Å²) in [6.45, 7) is 8.97. The molecule has 1 aliphatic carbocycles. The number of amides is 1. The van der Waals surface area contributed by atoms with E-state index >= 15 is 0 Å². The highest BCUT2D eigenvalue weighted by atomic mass is 16.3. The molecule has 10 heteroatoms. The molecule has 1 atom stereocenters. The molecule has 1 saturated carbocycles. The molecule has 3 aromatic heterocycles. The smallest absolute Gasteiger partial charge is 0.274 e. The summed E-state index contributed by atoms with van der Waals surface area (Å²) >= 11 is 0. The fourth-order valence-electron chi connectivity index (χ4n) is 6.36. The number of anilines is 1. The number of nitrogens with one attached hydrogen (secondary N) is 2. The zero-order chi connectivity index (χ0) is 28.0. The highest BCUT2D eigenvalue weighted by Gasteiger charge is 2.31. The van der Waals surface area contributed by atoms with Crippen LogP contribution in [0.5, 0.6) is 0 Å². The largest absolute Gasteiger partial charge is 0.386 e. The minimum atomic E-state index is -1.19. The number of nitriles is 1. The summed E-state index contributed by atoms with van der Waals surface area (Å²) in [4.78, 5) is 16.0. The van der Waals surface area contributed by atoms with Gasteiger partial charge in [-0.2, -0.15) is 15.5 Å². The molecule has 3 N–H and O–H groups in total. The fraction of sp³-hybridized carbons (Fsp3) is 0.467. The standard InChI is InChI=1S/C30H36N8O2/c1-19-16-32-10-11-36(19)22-4-6-23(7-5-22)37-18-21-13-27(25(30(2,3)40)14-26(21)35-37)34-29(39)28-9-8-24-12-20(15-31)17-33-38(24)28/h8-9,12-14,17-19,22-23,32,40H,4-7,10-11,16H2,1-3H3,(H,34,39)/t19-,22?,23?/m0/s1. The lowest BCUT2D eigenvalue weighted by atomic mass is 9.89. The molecule has 1 aromatic carbocycles. The average molecular weight is 541 g/mol. The van der Waals surface area contributed by atoms with E-state index in [1.807, 2.05) is 12.1 Å². The van der Waals surface area contributed by atoms with Crippen molar-refractivity contribution < 1.29 is 9.90 Å². The molecule has 4 aromatic rings. The van der Waals surface area contributed by atoms with Crippen molar-refractivity contribution in [2.24, 2.45) is 0 Å². The molecule has 1 amide bonds. The highest BCUT2D eigenvalue weighted by molar-refractivity contribution is 6.05. The summed E-state index contributed by atoms with van der Waals surface area (Å²) in [6.07, 6.45) is 7.99. The second-order valence-corrected chi connectivity index (χ2v) is 11.7. The van der Waals surface area contributed by atoms with Gasteiger partial charge < -0.3 is 15.7 Å². The third kappa shape index (κ3) is 4.96. The number of carbonyl (C=O) groups is 1. The summed E-state index contributed by atoms with van der Waals surface area (Å²) < 4.78 is 3.59. The number of piperazine rings is 1. The van der Waals surface area contributed by atoms with Crippen LogP contribution >= 0.6 is 0 Å². The van der Waals surface area contributed by atoms with E-state index in [4.69, 9.17) is 10.4 Å². The molecule has 2 fully saturated rings. The van der Waals surface area contributed by atoms with Crippen molar-refractivity contribution in [2.45, 2.75) is 70.2 Å². The van der Waals surface area contributed by atoms with Crippen molar-refractivity contribution in [2.75, 3.05) is 25.0 Å². The van der Waals surface area contributed by atoms with E-state index in [1.54, 1.807) is 32.0 Å². The Morgan fingerprint density at radius 1 is 1.18 bits per heavy atom. The molecule has 0 unspecified atom stereocenters. The Hall–Kier alpha value is -3.78. The van der Waals surface area contributed by atoms with Gasteiger partial charge in [0, 0.05) is 54.6 Å². The van der Waals surface area contributed by atoms with Crippen LogP contribution in [0.4, 0.5) is 5.69 Å². The normalized spacial score (nSPS) is 22.4. The number of hydrogen-bond acceptors (Lipinski definition) is 7. The molecule has 4 heterocycles. The van der Waals surface area contributed by atoms with E-state index < -0.39 is 5.60 Å². The van der Waals surface area contributed by atoms with Crippen LogP contribution in [0, 0.1) is 11.3 Å². The summed E-state index contributed by atoms with van der Waals surface area (Å²) in [6, 6.07) is 12.5. The first kappa shape index (κ1) is 26.4. The summed E-state index contributed by atoms with van der Waals surface area (Å²) in [5.41, 5.74) is 2.15. The molecule has 0 radical (unpaired) electrons. The minimum Gasteiger partial charge on any atom is -0.386 e. The molecule has 6 rings (SSSR count). The van der Waals surface area contributed by atoms with Gasteiger partial charge in [0.2, 0.25) is 0 Å². The lowest BCUT2D eigenvalue weighted by Gasteiger charge is -2.43. The van der Waals surface area contributed by atoms with Gasteiger partial charge in [-0.15, -0.1) is 0 Å². The minimum absolute atomic E-state index is 0.335. The van der Waals surface area contributed by atoms with Gasteiger partial charge in [0.15, 0.2) is 0 Å². The number of carbonyl (C=O) groups excluding carboxylic acids is 1. The first-order valence-electron chi connectivity index (χ1n) is 14.1. The predicted octanol–water partition coefficient (Wildman–Crippen LogP) is 3.81. The van der Waals surface area contributed by atoms with Gasteiger partial charge in [0.25, 0.3) is 5.91 Å². The number of aliphatic hydroxyl groups is 1. The quantitative estimate of drug-likeness (QED) is 0.352. The van der Waals surface area contributed by atoms with E-state index in [1.165, 1.54) is 10.7 Å². The fourth-order valence-corrected chi connectivity index (χ4v) is 6.36. The Kier molecular flexibility index (Phi) is 6.82. The van der Waals surface area contributed by atoms with Crippen LogP contribution < -0.4 is 10.6 Å². The number of fused-ring (bicyclic) bond motifs is 2. The Morgan fingerprint density at radius 3 is 2.67 bits per heavy atom. The number of benzene rings is 1. The maximum absolute atomic E-state index is 13.3. The molecular weight excluding hydrogens is 504 g/mol. The molecule has 1 aliphatic heterocycles. The Balaban J connectivity index is 1.24. The molecule has 2 aliphatic rings. The lowest BCUT2D eigenvalue weighted by Crippen LogP contribution is -2.54. The topological polar surface area (TPSA) is 124 Å². The monoisotopic (exact) mass is 540 g/mol. The van der Waals surface area contributed by atoms with E-state index in [2.05, 4.69) is 44.5 Å². The first-order chi connectivity index (χ1) is 19.2. The lowest BCUT2D eigenvalue weighted by molar-refractivity contribution is 0.0790. The maximum Gasteiger partial charge on any atom is 0.274 e. The van der Waals surface area contributed by atoms with Crippen LogP contribution in [-0.2, 0) is 5.60 Å². The van der Waals surface area contributed by atoms with Gasteiger partial charge in [-0.3, -0.25) is 14.4 Å². The van der Waals surface area contributed by atoms with Crippen molar-refractivity contribution >= 4 is 28.0 Å². The zero-order valence-corrected chi connectivity index (χ0v) is 23.3. The number of hydrogen-bond donors (Lipinski definition) is 3.